The second-order valence-corrected chi connectivity index (χ2v) is 14.3. The maximum absolute atomic E-state index is 10.6. The Bertz CT molecular complexity index is 3680. The first-order valence-electron chi connectivity index (χ1n) is 18.6. The number of benzene rings is 8. The first kappa shape index (κ1) is 30.4. The Kier molecular flexibility index (Phi) is 6.10. The van der Waals surface area contributed by atoms with Crippen LogP contribution in [-0.2, 0) is 0 Å². The molecule has 0 aliphatic rings. The molecule has 0 spiro atoms. The molecule has 0 aliphatic heterocycles. The van der Waals surface area contributed by atoms with Gasteiger partial charge in [0, 0.05) is 43.7 Å². The van der Waals surface area contributed by atoms with Gasteiger partial charge < -0.3 is 18.1 Å². The summed E-state index contributed by atoms with van der Waals surface area (Å²) in [5, 5.41) is 29.7. The maximum atomic E-state index is 10.6. The van der Waals surface area contributed by atoms with Crippen LogP contribution in [-0.4, -0.2) is 13.7 Å². The second kappa shape index (κ2) is 11.2. The summed E-state index contributed by atoms with van der Waals surface area (Å²) in [6, 6.07) is 61.1. The van der Waals surface area contributed by atoms with Crippen LogP contribution in [0.4, 0.5) is 0 Å². The Morgan fingerprint density at radius 2 is 0.839 bits per heavy atom. The van der Waals surface area contributed by atoms with Crippen LogP contribution in [0.2, 0.25) is 0 Å². The van der Waals surface area contributed by atoms with Gasteiger partial charge in [-0.25, -0.2) is 0 Å². The van der Waals surface area contributed by atoms with Crippen molar-refractivity contribution in [1.82, 2.24) is 13.7 Å². The molecule has 0 unspecified atom stereocenters. The minimum Gasteiger partial charge on any atom is -0.455 e. The number of rotatable bonds is 3. The van der Waals surface area contributed by atoms with Crippen molar-refractivity contribution in [3.63, 3.8) is 0 Å². The highest BCUT2D eigenvalue weighted by Crippen LogP contribution is 2.45. The van der Waals surface area contributed by atoms with Crippen molar-refractivity contribution in [3.05, 3.63) is 175 Å². The summed E-state index contributed by atoms with van der Waals surface area (Å²) in [6.45, 7) is 0. The van der Waals surface area contributed by atoms with Crippen LogP contribution in [0.5, 0.6) is 0 Å². The number of furan rings is 1. The lowest BCUT2D eigenvalue weighted by Gasteiger charge is -2.15. The van der Waals surface area contributed by atoms with Crippen molar-refractivity contribution in [2.75, 3.05) is 0 Å². The highest BCUT2D eigenvalue weighted by molar-refractivity contribution is 6.29. The fourth-order valence-electron chi connectivity index (χ4n) is 9.23. The SMILES string of the molecule is N#Cc1cc(-n2c3ccccc3c3c4oc5c(ccc6c5c5ccccc5n6-c5ccccc5)c4ccc32)cc(-n2c3ccccc3c3ccccc32)c1C#N. The molecule has 0 radical (unpaired) electrons. The molecular formula is C50H27N5O. The van der Waals surface area contributed by atoms with Gasteiger partial charge in [0.25, 0.3) is 0 Å². The van der Waals surface area contributed by atoms with Gasteiger partial charge in [0.15, 0.2) is 0 Å². The molecule has 12 rings (SSSR count). The standard InChI is InChI=1S/C50H27N5O/c51-28-30-26-32(27-46(39(30)29-52)55-40-18-8-4-14-33(40)34-15-5-9-19-41(34)55)54-43-21-11-7-17-38(43)48-45(54)25-23-36-35-22-24-44-47(49(35)56-50(36)48)37-16-6-10-20-42(37)53(44)31-12-2-1-3-13-31/h1-27H. The normalized spacial score (nSPS) is 11.9. The summed E-state index contributed by atoms with van der Waals surface area (Å²) in [6.07, 6.45) is 0. The van der Waals surface area contributed by atoms with Crippen molar-refractivity contribution >= 4 is 87.4 Å². The van der Waals surface area contributed by atoms with E-state index in [9.17, 15) is 10.5 Å². The predicted octanol–water partition coefficient (Wildman–Crippen LogP) is 12.6. The molecule has 12 aromatic rings. The molecule has 0 fully saturated rings. The fraction of sp³-hybridized carbons (Fsp3) is 0. The molecule has 0 amide bonds. The zero-order valence-electron chi connectivity index (χ0n) is 29.7. The number of para-hydroxylation sites is 5. The molecule has 0 N–H and O–H groups in total. The fourth-order valence-corrected chi connectivity index (χ4v) is 9.23. The summed E-state index contributed by atoms with van der Waals surface area (Å²) >= 11 is 0. The number of aromatic nitrogens is 3. The van der Waals surface area contributed by atoms with Gasteiger partial charge in [-0.1, -0.05) is 91.0 Å². The zero-order chi connectivity index (χ0) is 37.1. The van der Waals surface area contributed by atoms with E-state index in [1.165, 1.54) is 0 Å². The highest BCUT2D eigenvalue weighted by atomic mass is 16.3. The zero-order valence-corrected chi connectivity index (χ0v) is 29.7. The van der Waals surface area contributed by atoms with Crippen molar-refractivity contribution in [1.29, 1.82) is 10.5 Å². The third-order valence-electron chi connectivity index (χ3n) is 11.5. The first-order chi connectivity index (χ1) is 27.7. The van der Waals surface area contributed by atoms with Crippen LogP contribution in [0.1, 0.15) is 11.1 Å². The molecule has 6 heteroatoms. The highest BCUT2D eigenvalue weighted by Gasteiger charge is 2.24. The van der Waals surface area contributed by atoms with Crippen molar-refractivity contribution in [2.24, 2.45) is 0 Å². The molecule has 4 heterocycles. The van der Waals surface area contributed by atoms with E-state index in [1.54, 1.807) is 0 Å². The quantitative estimate of drug-likeness (QED) is 0.183. The maximum Gasteiger partial charge on any atom is 0.145 e. The number of hydrogen-bond acceptors (Lipinski definition) is 3. The summed E-state index contributed by atoms with van der Waals surface area (Å²) in [5.74, 6) is 0. The third-order valence-corrected chi connectivity index (χ3v) is 11.5. The van der Waals surface area contributed by atoms with E-state index in [0.29, 0.717) is 16.8 Å². The Morgan fingerprint density at radius 3 is 1.36 bits per heavy atom. The van der Waals surface area contributed by atoms with Crippen molar-refractivity contribution in [2.45, 2.75) is 0 Å². The van der Waals surface area contributed by atoms with Crippen LogP contribution in [0.15, 0.2) is 168 Å². The van der Waals surface area contributed by atoms with Gasteiger partial charge in [0.05, 0.1) is 60.7 Å². The number of fused-ring (bicyclic) bond motifs is 14. The topological polar surface area (TPSA) is 75.5 Å². The summed E-state index contributed by atoms with van der Waals surface area (Å²) in [4.78, 5) is 0. The lowest BCUT2D eigenvalue weighted by molar-refractivity contribution is 0.677. The molecule has 258 valence electrons. The van der Waals surface area contributed by atoms with Crippen LogP contribution in [0.25, 0.3) is 104 Å². The van der Waals surface area contributed by atoms with Gasteiger partial charge in [-0.05, 0) is 72.8 Å². The average molecular weight is 714 g/mol. The van der Waals surface area contributed by atoms with Gasteiger partial charge >= 0.3 is 0 Å². The van der Waals surface area contributed by atoms with Crippen LogP contribution in [0, 0.1) is 22.7 Å². The molecule has 0 atom stereocenters. The lowest BCUT2D eigenvalue weighted by Crippen LogP contribution is -2.04. The Hall–Kier alpha value is -8.06. The smallest absolute Gasteiger partial charge is 0.145 e. The van der Waals surface area contributed by atoms with Crippen LogP contribution >= 0.6 is 0 Å². The molecule has 0 aliphatic carbocycles. The molecule has 0 bridgehead atoms. The van der Waals surface area contributed by atoms with Gasteiger partial charge in [-0.15, -0.1) is 0 Å². The van der Waals surface area contributed by atoms with E-state index in [1.807, 2.05) is 42.5 Å². The van der Waals surface area contributed by atoms with E-state index in [4.69, 9.17) is 4.42 Å². The van der Waals surface area contributed by atoms with E-state index in [2.05, 4.69) is 147 Å². The van der Waals surface area contributed by atoms with E-state index in [0.717, 1.165) is 98.7 Å². The average Bonchev–Trinajstić information content (AvgIpc) is 3.99. The molecule has 56 heavy (non-hydrogen) atoms. The third kappa shape index (κ3) is 3.92. The predicted molar refractivity (Wildman–Crippen MR) is 226 cm³/mol. The van der Waals surface area contributed by atoms with Crippen molar-refractivity contribution < 1.29 is 4.42 Å². The Labute approximate surface area is 319 Å². The Morgan fingerprint density at radius 1 is 0.375 bits per heavy atom. The molecular weight excluding hydrogens is 687 g/mol. The summed E-state index contributed by atoms with van der Waals surface area (Å²) in [7, 11) is 0. The monoisotopic (exact) mass is 713 g/mol. The molecule has 0 saturated heterocycles. The van der Waals surface area contributed by atoms with Crippen LogP contribution < -0.4 is 0 Å². The van der Waals surface area contributed by atoms with Crippen LogP contribution in [0.3, 0.4) is 0 Å². The molecule has 8 aromatic carbocycles. The lowest BCUT2D eigenvalue weighted by atomic mass is 10.0. The largest absolute Gasteiger partial charge is 0.455 e. The number of nitrogens with zero attached hydrogens (tertiary/aromatic N) is 5. The van der Waals surface area contributed by atoms with Gasteiger partial charge in [0.1, 0.15) is 23.3 Å². The van der Waals surface area contributed by atoms with Crippen molar-refractivity contribution in [3.8, 4) is 29.2 Å². The first-order valence-corrected chi connectivity index (χ1v) is 18.6. The Balaban J connectivity index is 1.18. The molecule has 6 nitrogen and oxygen atoms in total. The minimum atomic E-state index is 0.315. The summed E-state index contributed by atoms with van der Waals surface area (Å²) < 4.78 is 13.8. The molecule has 4 aromatic heterocycles. The van der Waals surface area contributed by atoms with Gasteiger partial charge in [-0.3, -0.25) is 0 Å². The van der Waals surface area contributed by atoms with E-state index >= 15 is 0 Å². The van der Waals surface area contributed by atoms with E-state index in [-0.39, 0.29) is 0 Å². The van der Waals surface area contributed by atoms with Gasteiger partial charge in [-0.2, -0.15) is 10.5 Å². The number of nitriles is 2. The summed E-state index contributed by atoms with van der Waals surface area (Å²) in [5.41, 5.74) is 10.9. The molecule has 0 saturated carbocycles. The second-order valence-electron chi connectivity index (χ2n) is 14.3. The minimum absolute atomic E-state index is 0.315. The number of hydrogen-bond donors (Lipinski definition) is 0. The van der Waals surface area contributed by atoms with E-state index < -0.39 is 0 Å². The van der Waals surface area contributed by atoms with Gasteiger partial charge in [0.2, 0.25) is 0 Å².